The van der Waals surface area contributed by atoms with E-state index in [0.717, 1.165) is 44.9 Å². The zero-order valence-corrected chi connectivity index (χ0v) is 14.6. The van der Waals surface area contributed by atoms with Crippen molar-refractivity contribution in [1.82, 2.24) is 0 Å². The first kappa shape index (κ1) is 22.4. The highest BCUT2D eigenvalue weighted by molar-refractivity contribution is 5.66. The van der Waals surface area contributed by atoms with E-state index in [4.69, 9.17) is 5.11 Å². The molecule has 5 heteroatoms. The van der Waals surface area contributed by atoms with Gasteiger partial charge in [-0.1, -0.05) is 58.3 Å². The SMILES string of the molecule is CCCCCC[C@@H](O)C[C@@H](O)[C@@H](O)CCCCCCCC(=O)O. The molecule has 0 aliphatic carbocycles. The lowest BCUT2D eigenvalue weighted by atomic mass is 9.98. The molecule has 0 aromatic carbocycles. The van der Waals surface area contributed by atoms with E-state index in [1.807, 2.05) is 0 Å². The first-order valence-electron chi connectivity index (χ1n) is 9.23. The molecule has 138 valence electrons. The van der Waals surface area contributed by atoms with Gasteiger partial charge < -0.3 is 20.4 Å². The molecule has 0 aromatic heterocycles. The van der Waals surface area contributed by atoms with Crippen LogP contribution in [0, 0.1) is 0 Å². The molecule has 4 N–H and O–H groups in total. The van der Waals surface area contributed by atoms with Crippen molar-refractivity contribution in [3.63, 3.8) is 0 Å². The molecule has 0 spiro atoms. The van der Waals surface area contributed by atoms with Gasteiger partial charge in [0.1, 0.15) is 0 Å². The van der Waals surface area contributed by atoms with E-state index < -0.39 is 24.3 Å². The summed E-state index contributed by atoms with van der Waals surface area (Å²) in [7, 11) is 0. The van der Waals surface area contributed by atoms with Crippen LogP contribution in [0.1, 0.15) is 90.4 Å². The monoisotopic (exact) mass is 332 g/mol. The van der Waals surface area contributed by atoms with Gasteiger partial charge in [0, 0.05) is 12.8 Å². The van der Waals surface area contributed by atoms with Gasteiger partial charge in [0.25, 0.3) is 0 Å². The number of carboxylic acids is 1. The fourth-order valence-electron chi connectivity index (χ4n) is 2.71. The maximum Gasteiger partial charge on any atom is 0.303 e. The van der Waals surface area contributed by atoms with Gasteiger partial charge >= 0.3 is 5.97 Å². The molecule has 0 aromatic rings. The van der Waals surface area contributed by atoms with E-state index in [1.165, 1.54) is 6.42 Å². The molecule has 0 aliphatic heterocycles. The molecule has 0 saturated carbocycles. The normalized spacial score (nSPS) is 15.3. The van der Waals surface area contributed by atoms with Gasteiger partial charge in [-0.15, -0.1) is 0 Å². The average molecular weight is 332 g/mol. The second-order valence-electron chi connectivity index (χ2n) is 6.57. The second-order valence-corrected chi connectivity index (χ2v) is 6.57. The van der Waals surface area contributed by atoms with Gasteiger partial charge in [0.05, 0.1) is 18.3 Å². The molecule has 0 fully saturated rings. The number of unbranched alkanes of at least 4 members (excludes halogenated alkanes) is 7. The highest BCUT2D eigenvalue weighted by Crippen LogP contribution is 2.15. The van der Waals surface area contributed by atoms with E-state index in [-0.39, 0.29) is 12.8 Å². The van der Waals surface area contributed by atoms with Gasteiger partial charge in [-0.05, 0) is 19.3 Å². The van der Waals surface area contributed by atoms with Crippen LogP contribution in [0.3, 0.4) is 0 Å². The zero-order valence-electron chi connectivity index (χ0n) is 14.6. The first-order chi connectivity index (χ1) is 11.0. The fraction of sp³-hybridized carbons (Fsp3) is 0.944. The molecule has 0 amide bonds. The van der Waals surface area contributed by atoms with Crippen molar-refractivity contribution in [2.75, 3.05) is 0 Å². The van der Waals surface area contributed by atoms with Gasteiger partial charge in [-0.3, -0.25) is 4.79 Å². The summed E-state index contributed by atoms with van der Waals surface area (Å²) in [6.45, 7) is 2.14. The molecule has 0 saturated heterocycles. The summed E-state index contributed by atoms with van der Waals surface area (Å²) in [5.41, 5.74) is 0. The zero-order chi connectivity index (χ0) is 17.5. The van der Waals surface area contributed by atoms with Crippen LogP contribution in [0.5, 0.6) is 0 Å². The highest BCUT2D eigenvalue weighted by atomic mass is 16.4. The lowest BCUT2D eigenvalue weighted by Crippen LogP contribution is -2.30. The maximum atomic E-state index is 10.4. The smallest absolute Gasteiger partial charge is 0.303 e. The van der Waals surface area contributed by atoms with Gasteiger partial charge in [0.2, 0.25) is 0 Å². The molecule has 0 unspecified atom stereocenters. The van der Waals surface area contributed by atoms with E-state index in [9.17, 15) is 20.1 Å². The molecule has 23 heavy (non-hydrogen) atoms. The van der Waals surface area contributed by atoms with E-state index >= 15 is 0 Å². The Morgan fingerprint density at radius 1 is 0.783 bits per heavy atom. The molecule has 0 bridgehead atoms. The molecule has 0 aliphatic rings. The average Bonchev–Trinajstić information content (AvgIpc) is 2.50. The van der Waals surface area contributed by atoms with Crippen molar-refractivity contribution in [2.45, 2.75) is 109 Å². The Labute approximate surface area is 140 Å². The number of carbonyl (C=O) groups is 1. The van der Waals surface area contributed by atoms with Crippen LogP contribution in [0.25, 0.3) is 0 Å². The molecule has 3 atom stereocenters. The van der Waals surface area contributed by atoms with Crippen molar-refractivity contribution >= 4 is 5.97 Å². The van der Waals surface area contributed by atoms with Crippen LogP contribution in [0.2, 0.25) is 0 Å². The van der Waals surface area contributed by atoms with E-state index in [1.54, 1.807) is 0 Å². The summed E-state index contributed by atoms with van der Waals surface area (Å²) < 4.78 is 0. The standard InChI is InChI=1S/C18H36O5/c1-2-3-4-8-11-15(19)14-17(21)16(20)12-9-6-5-7-10-13-18(22)23/h15-17,19-21H,2-14H2,1H3,(H,22,23)/t15-,16+,17-/m1/s1. The number of carboxylic acid groups (broad SMARTS) is 1. The number of aliphatic hydroxyl groups excluding tert-OH is 3. The Morgan fingerprint density at radius 3 is 2.00 bits per heavy atom. The van der Waals surface area contributed by atoms with Crippen LogP contribution >= 0.6 is 0 Å². The predicted octanol–water partition coefficient (Wildman–Crippen LogP) is 3.24. The van der Waals surface area contributed by atoms with Crippen molar-refractivity contribution in [3.05, 3.63) is 0 Å². The molecule has 0 radical (unpaired) electrons. The van der Waals surface area contributed by atoms with Gasteiger partial charge in [-0.2, -0.15) is 0 Å². The Balaban J connectivity index is 3.57. The number of hydrogen-bond donors (Lipinski definition) is 4. The van der Waals surface area contributed by atoms with Crippen molar-refractivity contribution in [1.29, 1.82) is 0 Å². The second kappa shape index (κ2) is 14.9. The summed E-state index contributed by atoms with van der Waals surface area (Å²) in [5, 5.41) is 38.2. The minimum Gasteiger partial charge on any atom is -0.481 e. The Bertz CT molecular complexity index is 283. The highest BCUT2D eigenvalue weighted by Gasteiger charge is 2.19. The minimum atomic E-state index is -0.858. The van der Waals surface area contributed by atoms with Crippen molar-refractivity contribution < 1.29 is 25.2 Å². The number of aliphatic carboxylic acids is 1. The summed E-state index contributed by atoms with van der Waals surface area (Å²) >= 11 is 0. The minimum absolute atomic E-state index is 0.220. The van der Waals surface area contributed by atoms with Crippen molar-refractivity contribution in [3.8, 4) is 0 Å². The third-order valence-electron chi connectivity index (χ3n) is 4.24. The Kier molecular flexibility index (Phi) is 14.5. The van der Waals surface area contributed by atoms with Crippen LogP contribution in [-0.2, 0) is 4.79 Å². The summed E-state index contributed by atoms with van der Waals surface area (Å²) in [6.07, 6.45) is 8.21. The Hall–Kier alpha value is -0.650. The number of hydrogen-bond acceptors (Lipinski definition) is 4. The quantitative estimate of drug-likeness (QED) is 0.325. The summed E-state index contributed by atoms with van der Waals surface area (Å²) in [4.78, 5) is 10.4. The van der Waals surface area contributed by atoms with Gasteiger partial charge in [0.15, 0.2) is 0 Å². The third-order valence-corrected chi connectivity index (χ3v) is 4.24. The molecule has 0 heterocycles. The lowest BCUT2D eigenvalue weighted by molar-refractivity contribution is -0.137. The summed E-state index contributed by atoms with van der Waals surface area (Å²) in [5.74, 6) is -0.753. The topological polar surface area (TPSA) is 98.0 Å². The van der Waals surface area contributed by atoms with Crippen LogP contribution in [-0.4, -0.2) is 44.7 Å². The largest absolute Gasteiger partial charge is 0.481 e. The molecular weight excluding hydrogens is 296 g/mol. The fourth-order valence-corrected chi connectivity index (χ4v) is 2.71. The number of rotatable bonds is 16. The first-order valence-corrected chi connectivity index (χ1v) is 9.23. The predicted molar refractivity (Wildman–Crippen MR) is 91.4 cm³/mol. The van der Waals surface area contributed by atoms with Gasteiger partial charge in [-0.25, -0.2) is 0 Å². The van der Waals surface area contributed by atoms with Crippen LogP contribution in [0.4, 0.5) is 0 Å². The summed E-state index contributed by atoms with van der Waals surface area (Å²) in [6, 6.07) is 0. The van der Waals surface area contributed by atoms with Crippen LogP contribution < -0.4 is 0 Å². The number of aliphatic hydroxyl groups is 3. The molecular formula is C18H36O5. The van der Waals surface area contributed by atoms with E-state index in [2.05, 4.69) is 6.92 Å². The third kappa shape index (κ3) is 14.7. The molecule has 5 nitrogen and oxygen atoms in total. The lowest BCUT2D eigenvalue weighted by Gasteiger charge is -2.20. The Morgan fingerprint density at radius 2 is 1.35 bits per heavy atom. The maximum absolute atomic E-state index is 10.4. The van der Waals surface area contributed by atoms with Crippen LogP contribution in [0.15, 0.2) is 0 Å². The molecule has 0 rings (SSSR count). The van der Waals surface area contributed by atoms with Crippen molar-refractivity contribution in [2.24, 2.45) is 0 Å². The van der Waals surface area contributed by atoms with E-state index in [0.29, 0.717) is 19.3 Å².